The fourth-order valence-corrected chi connectivity index (χ4v) is 4.73. The highest BCUT2D eigenvalue weighted by atomic mass is 16.6. The minimum Gasteiger partial charge on any atom is -0.462 e. The number of hydrogen-bond acceptors (Lipinski definition) is 2. The van der Waals surface area contributed by atoms with Crippen molar-refractivity contribution in [2.24, 2.45) is 35.5 Å². The molecule has 96 valence electrons. The van der Waals surface area contributed by atoms with Gasteiger partial charge in [-0.1, -0.05) is 33.6 Å². The number of ether oxygens (including phenoxy) is 1. The zero-order valence-electron chi connectivity index (χ0n) is 11.2. The van der Waals surface area contributed by atoms with Crippen LogP contribution in [0.2, 0.25) is 0 Å². The molecule has 0 amide bonds. The number of hydrogen-bond donors (Lipinski definition) is 0. The van der Waals surface area contributed by atoms with Gasteiger partial charge in [0.1, 0.15) is 6.10 Å². The van der Waals surface area contributed by atoms with Gasteiger partial charge in [-0.2, -0.15) is 0 Å². The molecule has 2 saturated carbocycles. The van der Waals surface area contributed by atoms with Gasteiger partial charge in [0.15, 0.2) is 0 Å². The van der Waals surface area contributed by atoms with E-state index in [1.54, 1.807) is 0 Å². The molecule has 3 fully saturated rings. The molecule has 2 aliphatic carbocycles. The summed E-state index contributed by atoms with van der Waals surface area (Å²) < 4.78 is 5.75. The monoisotopic (exact) mass is 236 g/mol. The fourth-order valence-electron chi connectivity index (χ4n) is 4.73. The van der Waals surface area contributed by atoms with E-state index in [4.69, 9.17) is 4.74 Å². The smallest absolute Gasteiger partial charge is 0.309 e. The summed E-state index contributed by atoms with van der Waals surface area (Å²) in [6.45, 7) is 6.83. The maximum absolute atomic E-state index is 11.8. The highest BCUT2D eigenvalue weighted by Crippen LogP contribution is 2.52. The highest BCUT2D eigenvalue weighted by Gasteiger charge is 2.53. The Morgan fingerprint density at radius 3 is 2.35 bits per heavy atom. The van der Waals surface area contributed by atoms with E-state index < -0.39 is 0 Å². The van der Waals surface area contributed by atoms with Crippen molar-refractivity contribution in [1.82, 2.24) is 0 Å². The lowest BCUT2D eigenvalue weighted by molar-refractivity contribution is -0.146. The largest absolute Gasteiger partial charge is 0.462 e. The Morgan fingerprint density at radius 2 is 1.59 bits per heavy atom. The number of fused-ring (bicyclic) bond motifs is 3. The second-order valence-electron chi connectivity index (χ2n) is 6.70. The normalized spacial score (nSPS) is 53.8. The van der Waals surface area contributed by atoms with Gasteiger partial charge in [0.25, 0.3) is 0 Å². The first kappa shape index (κ1) is 11.6. The summed E-state index contributed by atoms with van der Waals surface area (Å²) in [5.41, 5.74) is 0. The van der Waals surface area contributed by atoms with Crippen LogP contribution in [0, 0.1) is 35.5 Å². The summed E-state index contributed by atoms with van der Waals surface area (Å²) in [6.07, 6.45) is 5.40. The third-order valence-corrected chi connectivity index (χ3v) is 5.86. The molecule has 0 radical (unpaired) electrons. The average molecular weight is 236 g/mol. The van der Waals surface area contributed by atoms with Crippen molar-refractivity contribution in [1.29, 1.82) is 0 Å². The van der Waals surface area contributed by atoms with E-state index in [0.717, 1.165) is 17.8 Å². The molecule has 7 atom stereocenters. The maximum Gasteiger partial charge on any atom is 0.309 e. The Kier molecular flexibility index (Phi) is 2.72. The zero-order chi connectivity index (χ0) is 12.2. The molecular formula is C15H24O2. The van der Waals surface area contributed by atoms with Crippen molar-refractivity contribution in [3.8, 4) is 0 Å². The molecular weight excluding hydrogens is 212 g/mol. The van der Waals surface area contributed by atoms with Crippen LogP contribution in [0.1, 0.15) is 46.5 Å². The van der Waals surface area contributed by atoms with Gasteiger partial charge in [-0.3, -0.25) is 4.79 Å². The molecule has 0 bridgehead atoms. The van der Waals surface area contributed by atoms with E-state index in [1.807, 2.05) is 0 Å². The molecule has 0 aromatic heterocycles. The summed E-state index contributed by atoms with van der Waals surface area (Å²) in [5.74, 6) is 3.71. The molecule has 1 heterocycles. The van der Waals surface area contributed by atoms with E-state index in [1.165, 1.54) is 25.7 Å². The molecule has 0 unspecified atom stereocenters. The van der Waals surface area contributed by atoms with Crippen LogP contribution in [0.15, 0.2) is 0 Å². The van der Waals surface area contributed by atoms with E-state index in [9.17, 15) is 4.79 Å². The van der Waals surface area contributed by atoms with Crippen molar-refractivity contribution in [3.63, 3.8) is 0 Å². The summed E-state index contributed by atoms with van der Waals surface area (Å²) in [5, 5.41) is 0. The van der Waals surface area contributed by atoms with Crippen LogP contribution in [-0.4, -0.2) is 12.1 Å². The molecule has 0 spiro atoms. The van der Waals surface area contributed by atoms with Gasteiger partial charge >= 0.3 is 5.97 Å². The number of rotatable bonds is 0. The van der Waals surface area contributed by atoms with E-state index in [-0.39, 0.29) is 18.0 Å². The van der Waals surface area contributed by atoms with E-state index in [2.05, 4.69) is 20.8 Å². The lowest BCUT2D eigenvalue weighted by Crippen LogP contribution is -2.32. The van der Waals surface area contributed by atoms with Crippen LogP contribution < -0.4 is 0 Å². The van der Waals surface area contributed by atoms with Gasteiger partial charge in [-0.25, -0.2) is 0 Å². The maximum atomic E-state index is 11.8. The van der Waals surface area contributed by atoms with Crippen LogP contribution >= 0.6 is 0 Å². The Morgan fingerprint density at radius 1 is 0.941 bits per heavy atom. The van der Waals surface area contributed by atoms with Gasteiger partial charge in [0.05, 0.1) is 5.92 Å². The van der Waals surface area contributed by atoms with Crippen LogP contribution in [-0.2, 0) is 9.53 Å². The van der Waals surface area contributed by atoms with Gasteiger partial charge in [-0.15, -0.1) is 0 Å². The summed E-state index contributed by atoms with van der Waals surface area (Å²) in [6, 6.07) is 0. The minimum absolute atomic E-state index is 0.0624. The standard InChI is InChI=1S/C15H24O2/c1-8-4-7-12-10(3)15(16)17-14(12)13-9(2)5-6-11(8)13/h8-14H,4-7H2,1-3H3/t8-,9+,10-,11+,12+,13-,14+/m1/s1. The number of carbonyl (C=O) groups is 1. The molecule has 0 N–H and O–H groups in total. The Bertz CT molecular complexity index is 325. The van der Waals surface area contributed by atoms with Crippen LogP contribution in [0.5, 0.6) is 0 Å². The molecule has 1 saturated heterocycles. The topological polar surface area (TPSA) is 26.3 Å². The first-order chi connectivity index (χ1) is 8.09. The second-order valence-corrected chi connectivity index (χ2v) is 6.70. The fraction of sp³-hybridized carbons (Fsp3) is 0.933. The van der Waals surface area contributed by atoms with Crippen molar-refractivity contribution in [2.75, 3.05) is 0 Å². The predicted molar refractivity (Wildman–Crippen MR) is 66.3 cm³/mol. The molecule has 3 aliphatic rings. The van der Waals surface area contributed by atoms with Crippen molar-refractivity contribution >= 4 is 5.97 Å². The van der Waals surface area contributed by atoms with Crippen molar-refractivity contribution in [2.45, 2.75) is 52.6 Å². The SMILES string of the molecule is C[C@@H]1CC[C@@H]2[C@H](OC(=O)[C@@H]2C)[C@H]2[C@H]1CC[C@@H]2C. The van der Waals surface area contributed by atoms with E-state index >= 15 is 0 Å². The van der Waals surface area contributed by atoms with Gasteiger partial charge in [0, 0.05) is 11.8 Å². The first-order valence-corrected chi connectivity index (χ1v) is 7.30. The van der Waals surface area contributed by atoms with Crippen LogP contribution in [0.3, 0.4) is 0 Å². The predicted octanol–water partition coefficient (Wildman–Crippen LogP) is 3.26. The number of carbonyl (C=O) groups excluding carboxylic acids is 1. The second kappa shape index (κ2) is 4.00. The van der Waals surface area contributed by atoms with Crippen LogP contribution in [0.4, 0.5) is 0 Å². The Hall–Kier alpha value is -0.530. The Balaban J connectivity index is 1.92. The molecule has 2 nitrogen and oxygen atoms in total. The van der Waals surface area contributed by atoms with E-state index in [0.29, 0.717) is 11.8 Å². The molecule has 2 heteroatoms. The molecule has 3 rings (SSSR count). The van der Waals surface area contributed by atoms with Gasteiger partial charge in [-0.05, 0) is 30.6 Å². The molecule has 1 aliphatic heterocycles. The molecule has 17 heavy (non-hydrogen) atoms. The minimum atomic E-state index is 0.0624. The third-order valence-electron chi connectivity index (χ3n) is 5.86. The quantitative estimate of drug-likeness (QED) is 0.603. The molecule has 0 aromatic carbocycles. The highest BCUT2D eigenvalue weighted by molar-refractivity contribution is 5.74. The van der Waals surface area contributed by atoms with Gasteiger partial charge in [0.2, 0.25) is 0 Å². The third kappa shape index (κ3) is 1.63. The van der Waals surface area contributed by atoms with Crippen LogP contribution in [0.25, 0.3) is 0 Å². The summed E-state index contributed by atoms with van der Waals surface area (Å²) >= 11 is 0. The lowest BCUT2D eigenvalue weighted by atomic mass is 9.77. The lowest BCUT2D eigenvalue weighted by Gasteiger charge is -2.30. The first-order valence-electron chi connectivity index (χ1n) is 7.30. The number of esters is 1. The van der Waals surface area contributed by atoms with Gasteiger partial charge < -0.3 is 4.74 Å². The summed E-state index contributed by atoms with van der Waals surface area (Å²) in [7, 11) is 0. The zero-order valence-corrected chi connectivity index (χ0v) is 11.2. The van der Waals surface area contributed by atoms with Crippen molar-refractivity contribution < 1.29 is 9.53 Å². The summed E-state index contributed by atoms with van der Waals surface area (Å²) in [4.78, 5) is 11.8. The Labute approximate surface area is 104 Å². The van der Waals surface area contributed by atoms with Crippen molar-refractivity contribution in [3.05, 3.63) is 0 Å². The molecule has 0 aromatic rings. The average Bonchev–Trinajstić information content (AvgIpc) is 2.75.